The van der Waals surface area contributed by atoms with Gasteiger partial charge < -0.3 is 14.6 Å². The Hall–Kier alpha value is -2.46. The quantitative estimate of drug-likeness (QED) is 0.725. The van der Waals surface area contributed by atoms with Crippen LogP contribution in [-0.4, -0.2) is 16.6 Å². The molecule has 1 amide bonds. The van der Waals surface area contributed by atoms with E-state index in [4.69, 9.17) is 16.3 Å². The van der Waals surface area contributed by atoms with Crippen LogP contribution in [0.25, 0.3) is 10.9 Å². The van der Waals surface area contributed by atoms with Crippen LogP contribution in [0.5, 0.6) is 5.75 Å². The Morgan fingerprint density at radius 3 is 2.88 bits per heavy atom. The molecule has 1 aliphatic heterocycles. The van der Waals surface area contributed by atoms with Crippen molar-refractivity contribution in [1.82, 2.24) is 9.88 Å². The molecule has 1 atom stereocenters. The number of nitrogens with zero attached hydrogens (tertiary/aromatic N) is 1. The molecule has 1 aromatic heterocycles. The second kappa shape index (κ2) is 6.69. The van der Waals surface area contributed by atoms with Crippen LogP contribution in [0.1, 0.15) is 35.0 Å². The van der Waals surface area contributed by atoms with E-state index >= 15 is 0 Å². The lowest BCUT2D eigenvalue weighted by Crippen LogP contribution is -2.31. The monoisotopic (exact) mass is 368 g/mol. The highest BCUT2D eigenvalue weighted by molar-refractivity contribution is 6.36. The Morgan fingerprint density at radius 2 is 2.12 bits per heavy atom. The number of halogens is 1. The molecule has 3 aromatic rings. The molecule has 0 spiro atoms. The van der Waals surface area contributed by atoms with E-state index in [1.165, 1.54) is 5.56 Å². The number of aromatic nitrogens is 1. The van der Waals surface area contributed by atoms with Crippen LogP contribution in [0.4, 0.5) is 0 Å². The van der Waals surface area contributed by atoms with Gasteiger partial charge in [0, 0.05) is 11.9 Å². The Labute approximate surface area is 157 Å². The van der Waals surface area contributed by atoms with Crippen molar-refractivity contribution in [1.29, 1.82) is 0 Å². The second-order valence-corrected chi connectivity index (χ2v) is 7.11. The van der Waals surface area contributed by atoms with Crippen molar-refractivity contribution in [2.75, 3.05) is 0 Å². The summed E-state index contributed by atoms with van der Waals surface area (Å²) < 4.78 is 8.08. The minimum atomic E-state index is -0.0942. The van der Waals surface area contributed by atoms with Crippen LogP contribution >= 0.6 is 11.6 Å². The van der Waals surface area contributed by atoms with Gasteiger partial charge in [-0.2, -0.15) is 0 Å². The first-order valence-electron chi connectivity index (χ1n) is 8.89. The van der Waals surface area contributed by atoms with Crippen molar-refractivity contribution in [3.05, 3.63) is 64.3 Å². The maximum atomic E-state index is 12.9. The van der Waals surface area contributed by atoms with Crippen LogP contribution in [0.2, 0.25) is 5.02 Å². The van der Waals surface area contributed by atoms with E-state index in [-0.39, 0.29) is 12.0 Å². The number of nitrogens with one attached hydrogen (secondary N) is 1. The summed E-state index contributed by atoms with van der Waals surface area (Å²) in [6, 6.07) is 13.7. The van der Waals surface area contributed by atoms with Crippen molar-refractivity contribution in [2.45, 2.75) is 39.5 Å². The van der Waals surface area contributed by atoms with Gasteiger partial charge in [0.1, 0.15) is 17.5 Å². The minimum Gasteiger partial charge on any atom is -0.486 e. The largest absolute Gasteiger partial charge is 0.486 e. The number of hydrogen-bond acceptors (Lipinski definition) is 2. The summed E-state index contributed by atoms with van der Waals surface area (Å²) in [6.07, 6.45) is 0.939. The van der Waals surface area contributed by atoms with E-state index in [0.717, 1.165) is 28.6 Å². The van der Waals surface area contributed by atoms with Gasteiger partial charge in [-0.3, -0.25) is 4.79 Å². The number of rotatable bonds is 4. The standard InChI is InChI=1S/C21H21ClN2O2/c1-3-15-12-24-18(10-16-17(22)8-9-19(26-15)20(16)24)21(25)23-11-14-7-5-4-6-13(14)2/h4-10,15H,3,11-12H2,1-2H3,(H,23,25)/t15-/m0/s1. The van der Waals surface area contributed by atoms with Crippen LogP contribution in [0, 0.1) is 6.92 Å². The number of ether oxygens (including phenoxy) is 1. The van der Waals surface area contributed by atoms with Crippen LogP contribution in [0.3, 0.4) is 0 Å². The van der Waals surface area contributed by atoms with E-state index < -0.39 is 0 Å². The molecule has 4 nitrogen and oxygen atoms in total. The highest BCUT2D eigenvalue weighted by Crippen LogP contribution is 2.38. The van der Waals surface area contributed by atoms with Gasteiger partial charge in [0.15, 0.2) is 0 Å². The predicted octanol–water partition coefficient (Wildman–Crippen LogP) is 4.70. The number of carbonyl (C=O) groups excluding carboxylic acids is 1. The number of hydrogen-bond donors (Lipinski definition) is 1. The molecule has 2 heterocycles. The first kappa shape index (κ1) is 17.0. The minimum absolute atomic E-state index is 0.0576. The Kier molecular flexibility index (Phi) is 4.37. The van der Waals surface area contributed by atoms with E-state index in [0.29, 0.717) is 23.8 Å². The predicted molar refractivity (Wildman–Crippen MR) is 104 cm³/mol. The smallest absolute Gasteiger partial charge is 0.268 e. The SMILES string of the molecule is CC[C@H]1Cn2c(C(=O)NCc3ccccc3C)cc3c(Cl)ccc(c32)O1. The van der Waals surface area contributed by atoms with Crippen LogP contribution < -0.4 is 10.1 Å². The molecule has 0 saturated heterocycles. The molecule has 0 radical (unpaired) electrons. The zero-order valence-corrected chi connectivity index (χ0v) is 15.6. The molecule has 4 rings (SSSR count). The molecule has 2 aromatic carbocycles. The molecule has 0 bridgehead atoms. The third-order valence-electron chi connectivity index (χ3n) is 5.04. The number of carbonyl (C=O) groups is 1. The van der Waals surface area contributed by atoms with Crippen molar-refractivity contribution >= 4 is 28.4 Å². The zero-order chi connectivity index (χ0) is 18.3. The molecular formula is C21H21ClN2O2. The normalized spacial score (nSPS) is 15.7. The molecule has 1 N–H and O–H groups in total. The lowest BCUT2D eigenvalue weighted by molar-refractivity contribution is 0.0935. The number of aryl methyl sites for hydroxylation is 1. The van der Waals surface area contributed by atoms with Gasteiger partial charge in [-0.05, 0) is 42.7 Å². The molecule has 0 unspecified atom stereocenters. The van der Waals surface area contributed by atoms with E-state index in [9.17, 15) is 4.79 Å². The van der Waals surface area contributed by atoms with E-state index in [2.05, 4.69) is 12.2 Å². The molecular weight excluding hydrogens is 348 g/mol. The summed E-state index contributed by atoms with van der Waals surface area (Å²) in [5, 5.41) is 4.54. The maximum Gasteiger partial charge on any atom is 0.268 e. The maximum absolute atomic E-state index is 12.9. The second-order valence-electron chi connectivity index (χ2n) is 6.71. The molecule has 0 fully saturated rings. The summed E-state index contributed by atoms with van der Waals surface area (Å²) in [5.41, 5.74) is 3.82. The van der Waals surface area contributed by atoms with Gasteiger partial charge >= 0.3 is 0 Å². The summed E-state index contributed by atoms with van der Waals surface area (Å²) in [5.74, 6) is 0.698. The van der Waals surface area contributed by atoms with Crippen LogP contribution in [0.15, 0.2) is 42.5 Å². The molecule has 0 aliphatic carbocycles. The van der Waals surface area contributed by atoms with Gasteiger partial charge in [-0.1, -0.05) is 42.8 Å². The van der Waals surface area contributed by atoms with Crippen molar-refractivity contribution in [3.63, 3.8) is 0 Å². The summed E-state index contributed by atoms with van der Waals surface area (Å²) in [6.45, 7) is 5.29. The lowest BCUT2D eigenvalue weighted by atomic mass is 10.1. The van der Waals surface area contributed by atoms with Gasteiger partial charge in [0.05, 0.1) is 17.1 Å². The van der Waals surface area contributed by atoms with Crippen molar-refractivity contribution < 1.29 is 9.53 Å². The molecule has 26 heavy (non-hydrogen) atoms. The average molecular weight is 369 g/mol. The third-order valence-corrected chi connectivity index (χ3v) is 5.37. The van der Waals surface area contributed by atoms with Gasteiger partial charge in [-0.15, -0.1) is 0 Å². The topological polar surface area (TPSA) is 43.3 Å². The number of benzene rings is 2. The van der Waals surface area contributed by atoms with Crippen LogP contribution in [-0.2, 0) is 13.1 Å². The van der Waals surface area contributed by atoms with Gasteiger partial charge in [0.2, 0.25) is 0 Å². The lowest BCUT2D eigenvalue weighted by Gasteiger charge is -2.26. The average Bonchev–Trinajstić information content (AvgIpc) is 3.04. The Bertz CT molecular complexity index is 993. The summed E-state index contributed by atoms with van der Waals surface area (Å²) >= 11 is 6.36. The summed E-state index contributed by atoms with van der Waals surface area (Å²) in [7, 11) is 0. The fourth-order valence-corrected chi connectivity index (χ4v) is 3.70. The van der Waals surface area contributed by atoms with Crippen molar-refractivity contribution in [3.8, 4) is 5.75 Å². The van der Waals surface area contributed by atoms with Crippen molar-refractivity contribution in [2.24, 2.45) is 0 Å². The first-order valence-corrected chi connectivity index (χ1v) is 9.27. The Morgan fingerprint density at radius 1 is 1.31 bits per heavy atom. The zero-order valence-electron chi connectivity index (χ0n) is 14.9. The molecule has 0 saturated carbocycles. The van der Waals surface area contributed by atoms with Gasteiger partial charge in [0.25, 0.3) is 5.91 Å². The number of amides is 1. The fourth-order valence-electron chi connectivity index (χ4n) is 3.49. The third kappa shape index (κ3) is 2.84. The summed E-state index contributed by atoms with van der Waals surface area (Å²) in [4.78, 5) is 12.9. The molecule has 5 heteroatoms. The molecule has 1 aliphatic rings. The Balaban J connectivity index is 1.69. The molecule has 134 valence electrons. The van der Waals surface area contributed by atoms with E-state index in [1.807, 2.05) is 54.0 Å². The highest BCUT2D eigenvalue weighted by atomic mass is 35.5. The fraction of sp³-hybridized carbons (Fsp3) is 0.286. The van der Waals surface area contributed by atoms with E-state index in [1.54, 1.807) is 0 Å². The van der Waals surface area contributed by atoms with Gasteiger partial charge in [-0.25, -0.2) is 0 Å². The highest BCUT2D eigenvalue weighted by Gasteiger charge is 2.26. The first-order chi connectivity index (χ1) is 12.6.